The van der Waals surface area contributed by atoms with Gasteiger partial charge in [-0.3, -0.25) is 0 Å². The Morgan fingerprint density at radius 2 is 2.00 bits per heavy atom. The van der Waals surface area contributed by atoms with Gasteiger partial charge in [-0.05, 0) is 50.9 Å². The van der Waals surface area contributed by atoms with Gasteiger partial charge in [0.25, 0.3) is 0 Å². The minimum absolute atomic E-state index is 0.527. The number of ether oxygens (including phenoxy) is 2. The Morgan fingerprint density at radius 1 is 1.22 bits per heavy atom. The van der Waals surface area contributed by atoms with Crippen LogP contribution in [-0.2, 0) is 9.47 Å². The van der Waals surface area contributed by atoms with Crippen molar-refractivity contribution in [3.8, 4) is 0 Å². The van der Waals surface area contributed by atoms with Gasteiger partial charge in [0.05, 0.1) is 6.10 Å². The van der Waals surface area contributed by atoms with E-state index < -0.39 is 0 Å². The molecule has 3 heteroatoms. The van der Waals surface area contributed by atoms with Crippen LogP contribution in [0.4, 0.5) is 0 Å². The summed E-state index contributed by atoms with van der Waals surface area (Å²) in [5, 5.41) is 3.93. The fraction of sp³-hybridized carbons (Fsp3) is 1.00. The predicted molar refractivity (Wildman–Crippen MR) is 71.7 cm³/mol. The number of nitrogens with one attached hydrogen (secondary N) is 1. The molecule has 1 saturated heterocycles. The molecule has 18 heavy (non-hydrogen) atoms. The molecule has 1 spiro atoms. The van der Waals surface area contributed by atoms with Gasteiger partial charge in [-0.2, -0.15) is 0 Å². The van der Waals surface area contributed by atoms with Gasteiger partial charge >= 0.3 is 0 Å². The lowest BCUT2D eigenvalue weighted by Gasteiger charge is -2.44. The van der Waals surface area contributed by atoms with Crippen LogP contribution in [0.3, 0.4) is 0 Å². The van der Waals surface area contributed by atoms with Crippen molar-refractivity contribution < 1.29 is 9.47 Å². The fourth-order valence-corrected chi connectivity index (χ4v) is 4.13. The van der Waals surface area contributed by atoms with E-state index in [-0.39, 0.29) is 0 Å². The number of rotatable bonds is 4. The molecule has 0 radical (unpaired) electrons. The molecule has 3 rings (SSSR count). The minimum Gasteiger partial charge on any atom is -0.381 e. The first-order valence-electron chi connectivity index (χ1n) is 7.78. The third kappa shape index (κ3) is 2.45. The molecule has 0 amide bonds. The highest BCUT2D eigenvalue weighted by Gasteiger charge is 2.45. The summed E-state index contributed by atoms with van der Waals surface area (Å²) >= 11 is 0. The van der Waals surface area contributed by atoms with Gasteiger partial charge in [-0.25, -0.2) is 0 Å². The maximum atomic E-state index is 5.65. The Balaban J connectivity index is 1.50. The van der Waals surface area contributed by atoms with Crippen LogP contribution in [-0.4, -0.2) is 38.0 Å². The van der Waals surface area contributed by atoms with Crippen molar-refractivity contribution in [2.75, 3.05) is 19.8 Å². The summed E-state index contributed by atoms with van der Waals surface area (Å²) in [6, 6.07) is 1.46. The number of hydrogen-bond acceptors (Lipinski definition) is 3. The molecule has 0 aromatic heterocycles. The second-order valence-electron chi connectivity index (χ2n) is 6.33. The van der Waals surface area contributed by atoms with E-state index >= 15 is 0 Å². The van der Waals surface area contributed by atoms with Crippen LogP contribution in [0.1, 0.15) is 51.9 Å². The van der Waals surface area contributed by atoms with E-state index in [1.165, 1.54) is 44.9 Å². The first-order valence-corrected chi connectivity index (χ1v) is 7.78. The smallest absolute Gasteiger partial charge is 0.0604 e. The first kappa shape index (κ1) is 12.9. The summed E-state index contributed by atoms with van der Waals surface area (Å²) in [4.78, 5) is 0. The minimum atomic E-state index is 0.527. The Kier molecular flexibility index (Phi) is 3.92. The normalized spacial score (nSPS) is 38.8. The van der Waals surface area contributed by atoms with Gasteiger partial charge < -0.3 is 14.8 Å². The molecule has 104 valence electrons. The highest BCUT2D eigenvalue weighted by molar-refractivity contribution is 5.00. The molecule has 1 aliphatic heterocycles. The van der Waals surface area contributed by atoms with Gasteiger partial charge in [0.1, 0.15) is 0 Å². The summed E-state index contributed by atoms with van der Waals surface area (Å²) in [5.41, 5.74) is 0.564. The van der Waals surface area contributed by atoms with Gasteiger partial charge in [0.2, 0.25) is 0 Å². The van der Waals surface area contributed by atoms with E-state index in [4.69, 9.17) is 9.47 Å². The van der Waals surface area contributed by atoms with E-state index in [0.717, 1.165) is 25.9 Å². The zero-order chi connectivity index (χ0) is 12.4. The maximum Gasteiger partial charge on any atom is 0.0604 e. The van der Waals surface area contributed by atoms with E-state index in [9.17, 15) is 0 Å². The predicted octanol–water partition coefficient (Wildman–Crippen LogP) is 2.49. The Labute approximate surface area is 111 Å². The Hall–Kier alpha value is -0.120. The van der Waals surface area contributed by atoms with Crippen LogP contribution in [0.15, 0.2) is 0 Å². The third-order valence-electron chi connectivity index (χ3n) is 5.33. The summed E-state index contributed by atoms with van der Waals surface area (Å²) in [5.74, 6) is 0. The second-order valence-corrected chi connectivity index (χ2v) is 6.33. The van der Waals surface area contributed by atoms with Gasteiger partial charge in [-0.15, -0.1) is 0 Å². The molecule has 1 atom stereocenters. The molecule has 1 N–H and O–H groups in total. The average molecular weight is 253 g/mol. The zero-order valence-electron chi connectivity index (χ0n) is 11.6. The standard InChI is InChI=1S/C15H27NO2/c1-2-18-13-10-12(11-13)16-14-4-3-5-15(14)6-8-17-9-7-15/h12-14,16H,2-11H2,1H3. The lowest BCUT2D eigenvalue weighted by atomic mass is 9.74. The van der Waals surface area contributed by atoms with Crippen molar-refractivity contribution in [2.24, 2.45) is 5.41 Å². The monoisotopic (exact) mass is 253 g/mol. The molecule has 1 heterocycles. The van der Waals surface area contributed by atoms with Crippen molar-refractivity contribution in [1.82, 2.24) is 5.32 Å². The largest absolute Gasteiger partial charge is 0.381 e. The van der Waals surface area contributed by atoms with Crippen LogP contribution in [0.25, 0.3) is 0 Å². The van der Waals surface area contributed by atoms with Gasteiger partial charge in [0, 0.05) is 31.9 Å². The van der Waals surface area contributed by atoms with Crippen molar-refractivity contribution >= 4 is 0 Å². The Bertz CT molecular complexity index is 270. The molecular formula is C15H27NO2. The van der Waals surface area contributed by atoms with Crippen molar-refractivity contribution in [3.05, 3.63) is 0 Å². The van der Waals surface area contributed by atoms with E-state index in [0.29, 0.717) is 17.6 Å². The molecule has 3 fully saturated rings. The van der Waals surface area contributed by atoms with E-state index in [1.807, 2.05) is 0 Å². The highest BCUT2D eigenvalue weighted by Crippen LogP contribution is 2.46. The highest BCUT2D eigenvalue weighted by atomic mass is 16.5. The SMILES string of the molecule is CCOC1CC(NC2CCCC23CCOCC3)C1. The van der Waals surface area contributed by atoms with Gasteiger partial charge in [0.15, 0.2) is 0 Å². The lowest BCUT2D eigenvalue weighted by molar-refractivity contribution is -0.0292. The van der Waals surface area contributed by atoms with Crippen LogP contribution in [0.5, 0.6) is 0 Å². The summed E-state index contributed by atoms with van der Waals surface area (Å²) in [7, 11) is 0. The van der Waals surface area contributed by atoms with Crippen molar-refractivity contribution in [2.45, 2.75) is 70.1 Å². The molecule has 0 bridgehead atoms. The van der Waals surface area contributed by atoms with Crippen LogP contribution in [0, 0.1) is 5.41 Å². The Morgan fingerprint density at radius 3 is 2.72 bits per heavy atom. The van der Waals surface area contributed by atoms with E-state index in [2.05, 4.69) is 12.2 Å². The third-order valence-corrected chi connectivity index (χ3v) is 5.33. The molecule has 0 aromatic carbocycles. The second kappa shape index (κ2) is 5.48. The molecular weight excluding hydrogens is 226 g/mol. The number of hydrogen-bond donors (Lipinski definition) is 1. The zero-order valence-corrected chi connectivity index (χ0v) is 11.6. The average Bonchev–Trinajstić information content (AvgIpc) is 2.70. The quantitative estimate of drug-likeness (QED) is 0.835. The van der Waals surface area contributed by atoms with Crippen molar-refractivity contribution in [1.29, 1.82) is 0 Å². The first-order chi connectivity index (χ1) is 8.82. The summed E-state index contributed by atoms with van der Waals surface area (Å²) in [6.07, 6.45) is 9.69. The van der Waals surface area contributed by atoms with E-state index in [1.54, 1.807) is 0 Å². The lowest BCUT2D eigenvalue weighted by Crippen LogP contribution is -2.54. The molecule has 3 nitrogen and oxygen atoms in total. The van der Waals surface area contributed by atoms with Gasteiger partial charge in [-0.1, -0.05) is 6.42 Å². The molecule has 0 aromatic rings. The molecule has 3 aliphatic rings. The molecule has 1 unspecified atom stereocenters. The fourth-order valence-electron chi connectivity index (χ4n) is 4.13. The summed E-state index contributed by atoms with van der Waals surface area (Å²) in [6.45, 7) is 4.91. The van der Waals surface area contributed by atoms with Crippen LogP contribution >= 0.6 is 0 Å². The summed E-state index contributed by atoms with van der Waals surface area (Å²) < 4.78 is 11.2. The van der Waals surface area contributed by atoms with Crippen LogP contribution in [0.2, 0.25) is 0 Å². The van der Waals surface area contributed by atoms with Crippen molar-refractivity contribution in [3.63, 3.8) is 0 Å². The molecule has 2 aliphatic carbocycles. The maximum absolute atomic E-state index is 5.65. The topological polar surface area (TPSA) is 30.5 Å². The van der Waals surface area contributed by atoms with Crippen LogP contribution < -0.4 is 5.32 Å². The molecule has 2 saturated carbocycles.